The maximum atomic E-state index is 11.0. The highest BCUT2D eigenvalue weighted by molar-refractivity contribution is 7.77. The molecule has 10 nitrogen and oxygen atoms in total. The van der Waals surface area contributed by atoms with Crippen molar-refractivity contribution in [3.63, 3.8) is 0 Å². The van der Waals surface area contributed by atoms with Crippen LogP contribution in [0.2, 0.25) is 5.02 Å². The fraction of sp³-hybridized carbons (Fsp3) is 0.583. The summed E-state index contributed by atoms with van der Waals surface area (Å²) in [5, 5.41) is 16.4. The van der Waals surface area contributed by atoms with Gasteiger partial charge in [-0.1, -0.05) is 24.4 Å². The molecule has 4 N–H and O–H groups in total. The molecule has 1 aliphatic carbocycles. The summed E-state index contributed by atoms with van der Waals surface area (Å²) in [6.07, 6.45) is 7.30. The van der Waals surface area contributed by atoms with Crippen molar-refractivity contribution in [3.05, 3.63) is 34.5 Å². The highest BCUT2D eigenvalue weighted by atomic mass is 35.5. The van der Waals surface area contributed by atoms with Gasteiger partial charge in [-0.3, -0.25) is 4.21 Å². The maximum absolute atomic E-state index is 11.0. The van der Waals surface area contributed by atoms with Crippen LogP contribution in [0, 0.1) is 5.92 Å². The van der Waals surface area contributed by atoms with Crippen molar-refractivity contribution in [2.75, 3.05) is 50.5 Å². The Hall–Kier alpha value is -2.02. The molecule has 36 heavy (non-hydrogen) atoms. The van der Waals surface area contributed by atoms with Crippen molar-refractivity contribution in [2.24, 2.45) is 5.92 Å². The summed E-state index contributed by atoms with van der Waals surface area (Å²) in [5.74, 6) is 1.76. The molecule has 0 spiro atoms. The van der Waals surface area contributed by atoms with E-state index in [0.29, 0.717) is 35.6 Å². The first-order valence-corrected chi connectivity index (χ1v) is 13.8. The molecule has 2 aromatic rings. The summed E-state index contributed by atoms with van der Waals surface area (Å²) in [4.78, 5) is 11.3. The number of β-amino-alcohol motifs (C(OH)–C–C–N with tert-alkyl or cyclic N) is 1. The Labute approximate surface area is 219 Å². The number of methoxy groups -OCH3 is 1. The lowest BCUT2D eigenvalue weighted by Gasteiger charge is -2.33. The first kappa shape index (κ1) is 27.0. The Morgan fingerprint density at radius 1 is 1.25 bits per heavy atom. The van der Waals surface area contributed by atoms with Gasteiger partial charge in [0, 0.05) is 43.5 Å². The summed E-state index contributed by atoms with van der Waals surface area (Å²) in [7, 11) is 1.64. The lowest BCUT2D eigenvalue weighted by Crippen LogP contribution is -2.39. The number of rotatable bonds is 10. The monoisotopic (exact) mass is 537 g/mol. The van der Waals surface area contributed by atoms with Gasteiger partial charge in [-0.15, -0.1) is 0 Å². The maximum Gasteiger partial charge on any atom is 0.229 e. The zero-order valence-corrected chi connectivity index (χ0v) is 22.0. The summed E-state index contributed by atoms with van der Waals surface area (Å²) in [6, 6.07) is 4.21. The highest BCUT2D eigenvalue weighted by Gasteiger charge is 2.26. The van der Waals surface area contributed by atoms with Gasteiger partial charge in [0.2, 0.25) is 5.95 Å². The van der Waals surface area contributed by atoms with Gasteiger partial charge in [0.15, 0.2) is 5.82 Å². The molecule has 1 aromatic heterocycles. The Balaban J connectivity index is 1.51. The minimum atomic E-state index is -2.28. The van der Waals surface area contributed by atoms with Crippen LogP contribution in [-0.4, -0.2) is 74.7 Å². The molecule has 2 aliphatic rings. The van der Waals surface area contributed by atoms with Gasteiger partial charge < -0.3 is 29.9 Å². The second kappa shape index (κ2) is 13.0. The van der Waals surface area contributed by atoms with E-state index in [9.17, 15) is 13.9 Å². The Morgan fingerprint density at radius 3 is 2.72 bits per heavy atom. The van der Waals surface area contributed by atoms with E-state index >= 15 is 0 Å². The number of aliphatic hydroxyl groups excluding tert-OH is 1. The van der Waals surface area contributed by atoms with E-state index in [2.05, 4.69) is 42.4 Å². The molecule has 4 rings (SSSR count). The quantitative estimate of drug-likeness (QED) is 0.337. The van der Waals surface area contributed by atoms with Crippen LogP contribution < -0.4 is 20.1 Å². The summed E-state index contributed by atoms with van der Waals surface area (Å²) in [6.45, 7) is 3.01. The van der Waals surface area contributed by atoms with Crippen molar-refractivity contribution >= 4 is 40.3 Å². The number of nitrogens with one attached hydrogen (secondary N) is 3. The molecule has 3 atom stereocenters. The zero-order valence-electron chi connectivity index (χ0n) is 20.5. The van der Waals surface area contributed by atoms with Crippen LogP contribution >= 0.6 is 11.6 Å². The minimum absolute atomic E-state index is 0.0546. The molecule has 12 heteroatoms. The largest absolute Gasteiger partial charge is 0.760 e. The van der Waals surface area contributed by atoms with Crippen LogP contribution in [0.3, 0.4) is 0 Å². The van der Waals surface area contributed by atoms with E-state index in [4.69, 9.17) is 16.3 Å². The van der Waals surface area contributed by atoms with Crippen LogP contribution in [0.15, 0.2) is 18.3 Å². The van der Waals surface area contributed by atoms with E-state index < -0.39 is 11.3 Å². The van der Waals surface area contributed by atoms with Gasteiger partial charge in [-0.05, 0) is 54.9 Å². The molecule has 0 amide bonds. The van der Waals surface area contributed by atoms with Gasteiger partial charge in [0.1, 0.15) is 10.8 Å². The molecule has 0 bridgehead atoms. The summed E-state index contributed by atoms with van der Waals surface area (Å²) >= 11 is 4.14. The van der Waals surface area contributed by atoms with Crippen molar-refractivity contribution in [2.45, 2.75) is 44.6 Å². The topological polar surface area (TPSA) is 135 Å². The van der Waals surface area contributed by atoms with E-state index in [1.54, 1.807) is 13.3 Å². The third kappa shape index (κ3) is 7.05. The number of hydrogen-bond acceptors (Lipinski definition) is 9. The average Bonchev–Trinajstić information content (AvgIpc) is 3.07. The lowest BCUT2D eigenvalue weighted by atomic mass is 9.84. The Bertz CT molecular complexity index is 1060. The summed E-state index contributed by atoms with van der Waals surface area (Å²) < 4.78 is 30.1. The number of hydrogen-bond donors (Lipinski definition) is 4. The lowest BCUT2D eigenvalue weighted by molar-refractivity contribution is 0.201. The Kier molecular flexibility index (Phi) is 9.74. The molecule has 1 aliphatic heterocycles. The number of halogens is 1. The number of benzene rings is 1. The molecular formula is C24H34ClN6O4S-. The van der Waals surface area contributed by atoms with E-state index in [-0.39, 0.29) is 18.6 Å². The second-order valence-corrected chi connectivity index (χ2v) is 10.4. The van der Waals surface area contributed by atoms with Crippen molar-refractivity contribution < 1.29 is 18.6 Å². The van der Waals surface area contributed by atoms with Gasteiger partial charge in [-0.2, -0.15) is 4.98 Å². The number of aromatic nitrogens is 2. The SMILES string of the molecule is COc1cc2c(cc1Nc1ncc(Cl)c(N[C@@H]3CCCC[C@@H]3CNS(=O)[O-])n1)CCN(CCO)CC2. The molecule has 2 heterocycles. The van der Waals surface area contributed by atoms with E-state index in [1.807, 2.05) is 0 Å². The molecule has 1 unspecified atom stereocenters. The summed E-state index contributed by atoms with van der Waals surface area (Å²) in [5.41, 5.74) is 3.25. The van der Waals surface area contributed by atoms with Crippen LogP contribution in [-0.2, 0) is 24.1 Å². The first-order chi connectivity index (χ1) is 17.5. The molecule has 1 saturated carbocycles. The molecule has 0 radical (unpaired) electrons. The third-order valence-corrected chi connectivity index (χ3v) is 7.70. The highest BCUT2D eigenvalue weighted by Crippen LogP contribution is 2.34. The first-order valence-electron chi connectivity index (χ1n) is 12.4. The van der Waals surface area contributed by atoms with Crippen molar-refractivity contribution in [1.82, 2.24) is 19.6 Å². The van der Waals surface area contributed by atoms with Crippen LogP contribution in [0.4, 0.5) is 17.5 Å². The van der Waals surface area contributed by atoms with Crippen LogP contribution in [0.1, 0.15) is 36.8 Å². The smallest absolute Gasteiger partial charge is 0.229 e. The fourth-order valence-corrected chi connectivity index (χ4v) is 5.57. The normalized spacial score (nSPS) is 21.3. The fourth-order valence-electron chi connectivity index (χ4n) is 5.07. The van der Waals surface area contributed by atoms with Crippen LogP contribution in [0.25, 0.3) is 0 Å². The third-order valence-electron chi connectivity index (χ3n) is 7.02. The average molecular weight is 538 g/mol. The molecular weight excluding hydrogens is 504 g/mol. The number of fused-ring (bicyclic) bond motifs is 1. The van der Waals surface area contributed by atoms with Gasteiger partial charge in [0.25, 0.3) is 0 Å². The Morgan fingerprint density at radius 2 is 2.00 bits per heavy atom. The van der Waals surface area contributed by atoms with Crippen molar-refractivity contribution in [3.8, 4) is 5.75 Å². The predicted molar refractivity (Wildman–Crippen MR) is 141 cm³/mol. The second-order valence-electron chi connectivity index (χ2n) is 9.28. The predicted octanol–water partition coefficient (Wildman–Crippen LogP) is 2.63. The van der Waals surface area contributed by atoms with Gasteiger partial charge in [0.05, 0.1) is 25.6 Å². The molecule has 198 valence electrons. The number of nitrogens with zero attached hydrogens (tertiary/aromatic N) is 3. The zero-order chi connectivity index (χ0) is 25.5. The minimum Gasteiger partial charge on any atom is -0.760 e. The molecule has 1 aromatic carbocycles. The number of ether oxygens (including phenoxy) is 1. The van der Waals surface area contributed by atoms with E-state index in [0.717, 1.165) is 57.3 Å². The van der Waals surface area contributed by atoms with Gasteiger partial charge in [-0.25, -0.2) is 9.71 Å². The van der Waals surface area contributed by atoms with Crippen molar-refractivity contribution in [1.29, 1.82) is 0 Å². The standard InChI is InChI=1S/C24H35ClN6O4S/c1-35-22-13-17-7-9-31(10-11-32)8-6-16(17)12-21(22)29-24-26-15-19(25)23(30-24)28-20-5-3-2-4-18(20)14-27-36(33)34/h12-13,15,18,20,27,32H,2-11,14H2,1H3,(H,33,34)(H2,26,28,29,30)/p-1/t18-,20-/m1/s1. The van der Waals surface area contributed by atoms with E-state index in [1.165, 1.54) is 11.1 Å². The van der Waals surface area contributed by atoms with Gasteiger partial charge >= 0.3 is 0 Å². The number of anilines is 3. The number of aliphatic hydroxyl groups is 1. The molecule has 0 saturated heterocycles. The molecule has 1 fully saturated rings. The van der Waals surface area contributed by atoms with Crippen LogP contribution in [0.5, 0.6) is 5.75 Å².